The summed E-state index contributed by atoms with van der Waals surface area (Å²) in [6, 6.07) is 15.0. The van der Waals surface area contributed by atoms with Crippen LogP contribution in [-0.2, 0) is 16.1 Å². The minimum atomic E-state index is -0.867. The average molecular weight is 521 g/mol. The predicted molar refractivity (Wildman–Crippen MR) is 124 cm³/mol. The molecule has 2 amide bonds. The van der Waals surface area contributed by atoms with Crippen molar-refractivity contribution in [1.29, 1.82) is 5.41 Å². The minimum absolute atomic E-state index is 0.179. The zero-order chi connectivity index (χ0) is 22.1. The van der Waals surface area contributed by atoms with E-state index in [4.69, 9.17) is 11.3 Å². The third-order valence-electron chi connectivity index (χ3n) is 4.56. The highest BCUT2D eigenvalue weighted by atomic mass is 127. The highest BCUT2D eigenvalue weighted by Gasteiger charge is 2.18. The number of halogens is 1. The SMILES string of the molecule is CCCCC(=O)N(CC(=O)N=O)Cc1ccc(-c2ccccc2C(=N)N(N)I)cc1. The Morgan fingerprint density at radius 1 is 1.13 bits per heavy atom. The summed E-state index contributed by atoms with van der Waals surface area (Å²) in [5.74, 6) is 4.85. The third-order valence-corrected chi connectivity index (χ3v) is 5.04. The molecule has 0 saturated carbocycles. The van der Waals surface area contributed by atoms with Gasteiger partial charge < -0.3 is 4.90 Å². The molecule has 2 aromatic rings. The van der Waals surface area contributed by atoms with Gasteiger partial charge in [-0.1, -0.05) is 61.9 Å². The molecule has 9 heteroatoms. The number of carbonyl (C=O) groups is 2. The molecule has 0 unspecified atom stereocenters. The van der Waals surface area contributed by atoms with E-state index in [0.29, 0.717) is 18.4 Å². The summed E-state index contributed by atoms with van der Waals surface area (Å²) in [4.78, 5) is 35.8. The van der Waals surface area contributed by atoms with Crippen molar-refractivity contribution in [2.45, 2.75) is 32.7 Å². The minimum Gasteiger partial charge on any atom is -0.329 e. The van der Waals surface area contributed by atoms with Crippen LogP contribution in [0.2, 0.25) is 0 Å². The number of nitrogens with one attached hydrogen (secondary N) is 1. The third kappa shape index (κ3) is 6.42. The lowest BCUT2D eigenvalue weighted by atomic mass is 9.98. The zero-order valence-corrected chi connectivity index (χ0v) is 18.8. The van der Waals surface area contributed by atoms with Crippen molar-refractivity contribution in [2.24, 2.45) is 11.0 Å². The number of hydrazine groups is 1. The second kappa shape index (κ2) is 11.5. The number of amidine groups is 1. The first-order valence-electron chi connectivity index (χ1n) is 9.49. The van der Waals surface area contributed by atoms with Gasteiger partial charge in [0.05, 0.1) is 22.9 Å². The number of carbonyl (C=O) groups excluding carboxylic acids is 2. The lowest BCUT2D eigenvalue weighted by molar-refractivity contribution is -0.135. The van der Waals surface area contributed by atoms with Crippen molar-refractivity contribution < 1.29 is 9.59 Å². The molecule has 0 heterocycles. The Morgan fingerprint density at radius 3 is 2.40 bits per heavy atom. The van der Waals surface area contributed by atoms with Crippen LogP contribution in [0, 0.1) is 10.3 Å². The number of amides is 2. The maximum absolute atomic E-state index is 12.4. The molecule has 0 radical (unpaired) electrons. The van der Waals surface area contributed by atoms with Gasteiger partial charge in [0.1, 0.15) is 6.54 Å². The Morgan fingerprint density at radius 2 is 1.80 bits per heavy atom. The lowest BCUT2D eigenvalue weighted by Gasteiger charge is -2.21. The molecule has 3 N–H and O–H groups in total. The Kier molecular flexibility index (Phi) is 9.06. The molecule has 8 nitrogen and oxygen atoms in total. The largest absolute Gasteiger partial charge is 0.329 e. The molecular weight excluding hydrogens is 497 g/mol. The van der Waals surface area contributed by atoms with Gasteiger partial charge in [0.2, 0.25) is 5.91 Å². The fourth-order valence-corrected chi connectivity index (χ4v) is 3.24. The van der Waals surface area contributed by atoms with Crippen LogP contribution >= 0.6 is 22.9 Å². The van der Waals surface area contributed by atoms with Crippen LogP contribution < -0.4 is 5.84 Å². The van der Waals surface area contributed by atoms with Gasteiger partial charge >= 0.3 is 5.91 Å². The highest BCUT2D eigenvalue weighted by molar-refractivity contribution is 14.1. The van der Waals surface area contributed by atoms with E-state index in [1.54, 1.807) is 0 Å². The molecule has 0 spiro atoms. The number of nitrogens with two attached hydrogens (primary N) is 1. The molecule has 0 fully saturated rings. The standard InChI is InChI=1S/C21H24IN5O3/c1-2-3-8-20(29)26(14-19(28)25-30)13-15-9-11-16(12-10-15)17-6-4-5-7-18(17)21(23)27(22)24/h4-7,9-12,23H,2-3,8,13-14,24H2,1H3. The second-order valence-corrected chi connectivity index (χ2v) is 7.78. The number of benzene rings is 2. The molecule has 0 bridgehead atoms. The van der Waals surface area contributed by atoms with Crippen molar-refractivity contribution in [3.63, 3.8) is 0 Å². The van der Waals surface area contributed by atoms with Gasteiger partial charge in [-0.3, -0.25) is 15.0 Å². The van der Waals surface area contributed by atoms with Crippen LogP contribution in [0.5, 0.6) is 0 Å². The average Bonchev–Trinajstić information content (AvgIpc) is 2.76. The van der Waals surface area contributed by atoms with Crippen LogP contribution in [0.1, 0.15) is 37.3 Å². The summed E-state index contributed by atoms with van der Waals surface area (Å²) in [6.45, 7) is 1.87. The molecule has 2 rings (SSSR count). The van der Waals surface area contributed by atoms with Crippen molar-refractivity contribution in [2.75, 3.05) is 6.54 Å². The van der Waals surface area contributed by atoms with Gasteiger partial charge in [-0.2, -0.15) is 0 Å². The van der Waals surface area contributed by atoms with Crippen molar-refractivity contribution in [1.82, 2.24) is 8.12 Å². The first-order valence-corrected chi connectivity index (χ1v) is 10.5. The quantitative estimate of drug-likeness (QED) is 0.0983. The Labute approximate surface area is 189 Å². The summed E-state index contributed by atoms with van der Waals surface area (Å²) in [6.07, 6.45) is 1.90. The van der Waals surface area contributed by atoms with E-state index in [1.807, 2.05) is 78.3 Å². The van der Waals surface area contributed by atoms with Crippen LogP contribution in [0.3, 0.4) is 0 Å². The van der Waals surface area contributed by atoms with E-state index in [-0.39, 0.29) is 24.8 Å². The molecule has 0 saturated heterocycles. The molecule has 0 aliphatic rings. The molecule has 158 valence electrons. The maximum atomic E-state index is 12.4. The summed E-state index contributed by atoms with van der Waals surface area (Å²) in [5, 5.41) is 10.6. The van der Waals surface area contributed by atoms with Gasteiger partial charge in [0.15, 0.2) is 5.84 Å². The maximum Gasteiger partial charge on any atom is 0.305 e. The number of nitroso groups, excluding NO2 is 1. The topological polar surface area (TPSA) is 120 Å². The molecule has 0 atom stereocenters. The van der Waals surface area contributed by atoms with E-state index in [2.05, 4.69) is 5.18 Å². The summed E-state index contributed by atoms with van der Waals surface area (Å²) in [7, 11) is 0. The molecule has 2 aromatic carbocycles. The van der Waals surface area contributed by atoms with E-state index in [0.717, 1.165) is 23.1 Å². The van der Waals surface area contributed by atoms with Crippen molar-refractivity contribution >= 4 is 40.5 Å². The lowest BCUT2D eigenvalue weighted by Crippen LogP contribution is -2.34. The van der Waals surface area contributed by atoms with Gasteiger partial charge in [0, 0.05) is 23.7 Å². The number of hydrogen-bond donors (Lipinski definition) is 2. The van der Waals surface area contributed by atoms with Gasteiger partial charge in [-0.25, -0.2) is 9.06 Å². The fourth-order valence-electron chi connectivity index (χ4n) is 2.98. The molecular formula is C21H24IN5O3. The monoisotopic (exact) mass is 521 g/mol. The van der Waals surface area contributed by atoms with E-state index < -0.39 is 5.91 Å². The molecule has 0 aliphatic heterocycles. The first-order chi connectivity index (χ1) is 14.4. The predicted octanol–water partition coefficient (Wildman–Crippen LogP) is 4.02. The number of nitrogens with zero attached hydrogens (tertiary/aromatic N) is 3. The molecule has 0 aromatic heterocycles. The van der Waals surface area contributed by atoms with Crippen LogP contribution in [0.4, 0.5) is 0 Å². The van der Waals surface area contributed by atoms with Gasteiger partial charge in [0.25, 0.3) is 0 Å². The van der Waals surface area contributed by atoms with Gasteiger partial charge in [-0.05, 0) is 23.1 Å². The Hall–Kier alpha value is -2.66. The molecule has 0 aliphatic carbocycles. The molecule has 30 heavy (non-hydrogen) atoms. The number of rotatable bonds is 9. The normalized spacial score (nSPS) is 10.4. The van der Waals surface area contributed by atoms with Crippen LogP contribution in [0.25, 0.3) is 11.1 Å². The van der Waals surface area contributed by atoms with E-state index in [1.165, 1.54) is 8.12 Å². The van der Waals surface area contributed by atoms with Gasteiger partial charge in [-0.15, -0.1) is 4.91 Å². The summed E-state index contributed by atoms with van der Waals surface area (Å²) in [5.41, 5.74) is 3.27. The highest BCUT2D eigenvalue weighted by Crippen LogP contribution is 2.25. The smallest absolute Gasteiger partial charge is 0.305 e. The van der Waals surface area contributed by atoms with Crippen molar-refractivity contribution in [3.05, 3.63) is 64.6 Å². The van der Waals surface area contributed by atoms with Crippen LogP contribution in [-0.4, -0.2) is 32.3 Å². The Balaban J connectivity index is 2.24. The van der Waals surface area contributed by atoms with Crippen molar-refractivity contribution in [3.8, 4) is 11.1 Å². The number of unbranched alkanes of at least 4 members (excludes halogenated alkanes) is 1. The Bertz CT molecular complexity index is 915. The summed E-state index contributed by atoms with van der Waals surface area (Å²) >= 11 is 1.85. The zero-order valence-electron chi connectivity index (χ0n) is 16.7. The van der Waals surface area contributed by atoms with Crippen LogP contribution in [0.15, 0.2) is 53.7 Å². The first kappa shape index (κ1) is 23.6. The number of hydrogen-bond acceptors (Lipinski definition) is 5. The fraction of sp³-hybridized carbons (Fsp3) is 0.286. The van der Waals surface area contributed by atoms with E-state index >= 15 is 0 Å². The van der Waals surface area contributed by atoms with E-state index in [9.17, 15) is 14.5 Å². The second-order valence-electron chi connectivity index (χ2n) is 6.74. The summed E-state index contributed by atoms with van der Waals surface area (Å²) < 4.78 is 1.23.